The van der Waals surface area contributed by atoms with Gasteiger partial charge in [-0.3, -0.25) is 4.79 Å². The van der Waals surface area contributed by atoms with Crippen LogP contribution in [0.5, 0.6) is 17.2 Å². The Balaban J connectivity index is 1.63. The molecule has 3 N–H and O–H groups in total. The van der Waals surface area contributed by atoms with Crippen molar-refractivity contribution >= 4 is 23.3 Å². The van der Waals surface area contributed by atoms with Crippen molar-refractivity contribution in [2.75, 3.05) is 43.9 Å². The van der Waals surface area contributed by atoms with Crippen LogP contribution >= 0.6 is 0 Å². The Morgan fingerprint density at radius 3 is 2.31 bits per heavy atom. The number of rotatable bonds is 11. The van der Waals surface area contributed by atoms with Crippen LogP contribution in [0, 0.1) is 6.92 Å². The highest BCUT2D eigenvalue weighted by Gasteiger charge is 2.15. The molecule has 0 spiro atoms. The van der Waals surface area contributed by atoms with Crippen LogP contribution in [0.15, 0.2) is 66.7 Å². The molecule has 190 valence electrons. The molecule has 3 aromatic rings. The molecule has 0 bridgehead atoms. The van der Waals surface area contributed by atoms with Crippen molar-refractivity contribution in [1.82, 2.24) is 10.2 Å². The molecule has 0 aliphatic rings. The number of hydrogen-bond acceptors (Lipinski definition) is 5. The number of nitrogens with one attached hydrogen (secondary N) is 3. The minimum Gasteiger partial charge on any atom is -0.496 e. The lowest BCUT2D eigenvalue weighted by Crippen LogP contribution is -2.34. The second-order valence-corrected chi connectivity index (χ2v) is 8.19. The van der Waals surface area contributed by atoms with Crippen molar-refractivity contribution < 1.29 is 19.1 Å². The lowest BCUT2D eigenvalue weighted by molar-refractivity contribution is 0.0946. The summed E-state index contributed by atoms with van der Waals surface area (Å²) in [4.78, 5) is 27.6. The topological polar surface area (TPSA) is 91.9 Å². The van der Waals surface area contributed by atoms with E-state index in [1.165, 1.54) is 7.11 Å². The van der Waals surface area contributed by atoms with Crippen LogP contribution in [-0.2, 0) is 0 Å². The van der Waals surface area contributed by atoms with Gasteiger partial charge in [-0.15, -0.1) is 0 Å². The Hall–Kier alpha value is -4.04. The summed E-state index contributed by atoms with van der Waals surface area (Å²) in [6.07, 6.45) is 0. The Morgan fingerprint density at radius 1 is 0.889 bits per heavy atom. The third-order valence-corrected chi connectivity index (χ3v) is 5.70. The molecule has 0 saturated carbocycles. The van der Waals surface area contributed by atoms with Crippen molar-refractivity contribution in [3.8, 4) is 17.2 Å². The number of urea groups is 1. The van der Waals surface area contributed by atoms with Gasteiger partial charge >= 0.3 is 6.03 Å². The average Bonchev–Trinajstić information content (AvgIpc) is 2.88. The molecule has 0 atom stereocenters. The number of methoxy groups -OCH3 is 1. The summed E-state index contributed by atoms with van der Waals surface area (Å²) in [5, 5.41) is 8.52. The van der Waals surface area contributed by atoms with E-state index in [4.69, 9.17) is 9.47 Å². The number of aryl methyl sites for hydroxylation is 1. The van der Waals surface area contributed by atoms with Crippen molar-refractivity contribution in [1.29, 1.82) is 0 Å². The fourth-order valence-corrected chi connectivity index (χ4v) is 3.60. The minimum absolute atomic E-state index is 0.225. The zero-order valence-electron chi connectivity index (χ0n) is 21.3. The normalized spacial score (nSPS) is 10.6. The monoisotopic (exact) mass is 490 g/mol. The van der Waals surface area contributed by atoms with E-state index in [9.17, 15) is 9.59 Å². The van der Waals surface area contributed by atoms with Crippen LogP contribution in [0.1, 0.15) is 29.8 Å². The molecule has 0 unspecified atom stereocenters. The number of para-hydroxylation sites is 2. The Morgan fingerprint density at radius 2 is 1.61 bits per heavy atom. The van der Waals surface area contributed by atoms with Crippen LogP contribution in [0.3, 0.4) is 0 Å². The molecule has 8 nitrogen and oxygen atoms in total. The maximum atomic E-state index is 12.7. The maximum absolute atomic E-state index is 12.7. The number of amides is 3. The van der Waals surface area contributed by atoms with E-state index in [0.29, 0.717) is 40.7 Å². The van der Waals surface area contributed by atoms with E-state index < -0.39 is 6.03 Å². The van der Waals surface area contributed by atoms with Crippen molar-refractivity contribution in [3.05, 3.63) is 77.9 Å². The highest BCUT2D eigenvalue weighted by molar-refractivity contribution is 6.02. The van der Waals surface area contributed by atoms with Crippen LogP contribution < -0.4 is 25.4 Å². The number of ether oxygens (including phenoxy) is 2. The molecule has 3 aromatic carbocycles. The van der Waals surface area contributed by atoms with Gasteiger partial charge in [-0.25, -0.2) is 4.79 Å². The standard InChI is InChI=1S/C28H34N4O4/c1-5-32(6-2)18-17-29-27(33)23-16-13-21(19-26(23)35-4)30-28(34)31-24-9-7-8-10-25(24)36-22-14-11-20(3)12-15-22/h7-16,19H,5-6,17-18H2,1-4H3,(H,29,33)(H2,30,31,34). The van der Waals surface area contributed by atoms with Crippen LogP contribution in [0.2, 0.25) is 0 Å². The van der Waals surface area contributed by atoms with Crippen LogP contribution in [-0.4, -0.2) is 50.1 Å². The zero-order chi connectivity index (χ0) is 25.9. The molecule has 3 amide bonds. The molecule has 0 saturated heterocycles. The van der Waals surface area contributed by atoms with Gasteiger partial charge in [0.15, 0.2) is 5.75 Å². The fraction of sp³-hybridized carbons (Fsp3) is 0.286. The predicted molar refractivity (Wildman–Crippen MR) is 143 cm³/mol. The van der Waals surface area contributed by atoms with Crippen molar-refractivity contribution in [2.24, 2.45) is 0 Å². The first-order chi connectivity index (χ1) is 17.4. The van der Waals surface area contributed by atoms with Gasteiger partial charge in [-0.2, -0.15) is 0 Å². The van der Waals surface area contributed by atoms with Crippen LogP contribution in [0.25, 0.3) is 0 Å². The smallest absolute Gasteiger partial charge is 0.323 e. The fourth-order valence-electron chi connectivity index (χ4n) is 3.60. The lowest BCUT2D eigenvalue weighted by Gasteiger charge is -2.18. The molecule has 0 aliphatic carbocycles. The summed E-state index contributed by atoms with van der Waals surface area (Å²) in [5.41, 5.74) is 2.54. The number of carbonyl (C=O) groups is 2. The largest absolute Gasteiger partial charge is 0.496 e. The first kappa shape index (κ1) is 26.6. The Bertz CT molecular complexity index is 1160. The van der Waals surface area contributed by atoms with Gasteiger partial charge in [0.1, 0.15) is 11.5 Å². The number of likely N-dealkylation sites (N-methyl/N-ethyl adjacent to an activating group) is 1. The first-order valence-corrected chi connectivity index (χ1v) is 12.0. The number of hydrogen-bond donors (Lipinski definition) is 3. The van der Waals surface area contributed by atoms with Crippen molar-refractivity contribution in [3.63, 3.8) is 0 Å². The second-order valence-electron chi connectivity index (χ2n) is 8.19. The highest BCUT2D eigenvalue weighted by atomic mass is 16.5. The van der Waals surface area contributed by atoms with Crippen molar-refractivity contribution in [2.45, 2.75) is 20.8 Å². The minimum atomic E-state index is -0.451. The van der Waals surface area contributed by atoms with E-state index >= 15 is 0 Å². The Kier molecular flexibility index (Phi) is 9.71. The zero-order valence-corrected chi connectivity index (χ0v) is 21.3. The molecule has 8 heteroatoms. The van der Waals surface area contributed by atoms with Gasteiger partial charge in [0.05, 0.1) is 18.4 Å². The molecule has 0 fully saturated rings. The third kappa shape index (κ3) is 7.48. The molecule has 3 rings (SSSR count). The van der Waals surface area contributed by atoms with Gasteiger partial charge in [0.25, 0.3) is 5.91 Å². The summed E-state index contributed by atoms with van der Waals surface area (Å²) in [6, 6.07) is 19.3. The summed E-state index contributed by atoms with van der Waals surface area (Å²) >= 11 is 0. The number of nitrogens with zero attached hydrogens (tertiary/aromatic N) is 1. The predicted octanol–water partition coefficient (Wildman–Crippen LogP) is 5.51. The summed E-state index contributed by atoms with van der Waals surface area (Å²) < 4.78 is 11.4. The number of anilines is 2. The second kappa shape index (κ2) is 13.2. The van der Waals surface area contributed by atoms with E-state index in [-0.39, 0.29) is 5.91 Å². The SMILES string of the molecule is CCN(CC)CCNC(=O)c1ccc(NC(=O)Nc2ccccc2Oc2ccc(C)cc2)cc1OC. The van der Waals surface area contributed by atoms with Gasteiger partial charge in [-0.05, 0) is 56.4 Å². The highest BCUT2D eigenvalue weighted by Crippen LogP contribution is 2.30. The van der Waals surface area contributed by atoms with Crippen LogP contribution in [0.4, 0.5) is 16.2 Å². The quantitative estimate of drug-likeness (QED) is 0.330. The third-order valence-electron chi connectivity index (χ3n) is 5.70. The molecule has 36 heavy (non-hydrogen) atoms. The van der Waals surface area contributed by atoms with Gasteiger partial charge in [0, 0.05) is 24.8 Å². The lowest BCUT2D eigenvalue weighted by atomic mass is 10.1. The van der Waals surface area contributed by atoms with E-state index in [2.05, 4.69) is 34.7 Å². The van der Waals surface area contributed by atoms with Gasteiger partial charge < -0.3 is 30.3 Å². The molecule has 0 aromatic heterocycles. The van der Waals surface area contributed by atoms with E-state index in [1.54, 1.807) is 30.3 Å². The summed E-state index contributed by atoms with van der Waals surface area (Å²) in [7, 11) is 1.49. The van der Waals surface area contributed by atoms with E-state index in [0.717, 1.165) is 25.2 Å². The molecule has 0 heterocycles. The molecule has 0 aliphatic heterocycles. The Labute approximate surface area is 212 Å². The van der Waals surface area contributed by atoms with Gasteiger partial charge in [0.2, 0.25) is 0 Å². The number of benzene rings is 3. The number of carbonyl (C=O) groups excluding carboxylic acids is 2. The maximum Gasteiger partial charge on any atom is 0.323 e. The molecular weight excluding hydrogens is 456 g/mol. The first-order valence-electron chi connectivity index (χ1n) is 12.0. The molecule has 0 radical (unpaired) electrons. The summed E-state index contributed by atoms with van der Waals surface area (Å²) in [6.45, 7) is 9.36. The average molecular weight is 491 g/mol. The van der Waals surface area contributed by atoms with E-state index in [1.807, 2.05) is 43.3 Å². The summed E-state index contributed by atoms with van der Waals surface area (Å²) in [5.74, 6) is 1.34. The molecular formula is C28H34N4O4. The van der Waals surface area contributed by atoms with Gasteiger partial charge in [-0.1, -0.05) is 43.7 Å².